The molecule has 1 saturated carbocycles. The fourth-order valence-electron chi connectivity index (χ4n) is 7.97. The van der Waals surface area contributed by atoms with Crippen LogP contribution in [-0.4, -0.2) is 70.1 Å². The van der Waals surface area contributed by atoms with E-state index in [1.54, 1.807) is 19.9 Å². The number of piperidine rings is 1. The molecule has 12 heteroatoms. The zero-order valence-electron chi connectivity index (χ0n) is 28.7. The Morgan fingerprint density at radius 2 is 1.69 bits per heavy atom. The summed E-state index contributed by atoms with van der Waals surface area (Å²) in [5.41, 5.74) is -2.23. The lowest BCUT2D eigenvalue weighted by molar-refractivity contribution is -0.148. The fourth-order valence-corrected chi connectivity index (χ4v) is 8.69. The van der Waals surface area contributed by atoms with Gasteiger partial charge in [0, 0.05) is 30.4 Å². The molecular formula is C37H47F3N4O4S. The number of nitrogens with zero attached hydrogens (tertiary/aromatic N) is 4. The summed E-state index contributed by atoms with van der Waals surface area (Å²) >= 11 is 4.76. The molecule has 2 aromatic rings. The zero-order chi connectivity index (χ0) is 35.5. The third-order valence-corrected chi connectivity index (χ3v) is 11.0. The number of ether oxygens (including phenoxy) is 2. The Balaban J connectivity index is 1.08. The highest BCUT2D eigenvalue weighted by atomic mass is 32.1. The number of likely N-dealkylation sites (tertiary alicyclic amines) is 1. The summed E-state index contributed by atoms with van der Waals surface area (Å²) < 4.78 is 53.0. The maximum Gasteiger partial charge on any atom is 0.417 e. The number of benzene rings is 2. The summed E-state index contributed by atoms with van der Waals surface area (Å²) in [6.07, 6.45) is 1.51. The predicted octanol–water partition coefficient (Wildman–Crippen LogP) is 7.17. The van der Waals surface area contributed by atoms with Gasteiger partial charge in [0.2, 0.25) is 5.91 Å². The summed E-state index contributed by atoms with van der Waals surface area (Å²) in [5.74, 6) is -0.0314. The van der Waals surface area contributed by atoms with Crippen LogP contribution in [0.3, 0.4) is 0 Å². The monoisotopic (exact) mass is 700 g/mol. The molecule has 3 unspecified atom stereocenters. The van der Waals surface area contributed by atoms with Gasteiger partial charge in [-0.15, -0.1) is 12.6 Å². The lowest BCUT2D eigenvalue weighted by Crippen LogP contribution is -2.52. The normalized spacial score (nSPS) is 28.0. The van der Waals surface area contributed by atoms with E-state index in [2.05, 4.69) is 18.7 Å². The molecule has 8 nitrogen and oxygen atoms in total. The van der Waals surface area contributed by atoms with E-state index >= 15 is 0 Å². The standard InChI is InChI=1S/C37H47F3N4O4S/c1-24-18-27(19-25(2)42(24)22-33(45)48-23-26-8-6-5-7-9-26)16-17-47-31-14-12-29(13-15-31)44-35(49)43(34(46)36(44,3)4)30-11-10-28(21-41)32(20-30)37(38,39)40/h5-11,20,24-25,27,29,31,35,49H,12-19,22-23H2,1-4H3. The first-order chi connectivity index (χ1) is 23.2. The average molecular weight is 701 g/mol. The maximum absolute atomic E-state index is 13.7. The lowest BCUT2D eigenvalue weighted by atomic mass is 9.85. The van der Waals surface area contributed by atoms with Gasteiger partial charge in [-0.2, -0.15) is 18.4 Å². The third kappa shape index (κ3) is 8.44. The number of esters is 1. The Kier molecular flexibility index (Phi) is 11.7. The van der Waals surface area contributed by atoms with Crippen molar-refractivity contribution < 1.29 is 32.2 Å². The molecule has 3 atom stereocenters. The second kappa shape index (κ2) is 15.4. The molecule has 0 aromatic heterocycles. The molecule has 0 bridgehead atoms. The third-order valence-electron chi connectivity index (χ3n) is 10.5. The maximum atomic E-state index is 13.7. The molecule has 0 N–H and O–H groups in total. The van der Waals surface area contributed by atoms with Gasteiger partial charge in [0.1, 0.15) is 12.1 Å². The molecule has 2 saturated heterocycles. The summed E-state index contributed by atoms with van der Waals surface area (Å²) in [6.45, 7) is 9.15. The highest BCUT2D eigenvalue weighted by Crippen LogP contribution is 2.43. The molecule has 2 aliphatic heterocycles. The highest BCUT2D eigenvalue weighted by Gasteiger charge is 2.54. The summed E-state index contributed by atoms with van der Waals surface area (Å²) in [6, 6.07) is 15.2. The fraction of sp³-hybridized carbons (Fsp3) is 0.595. The predicted molar refractivity (Wildman–Crippen MR) is 184 cm³/mol. The molecule has 0 spiro atoms. The Bertz CT molecular complexity index is 1500. The first-order valence-electron chi connectivity index (χ1n) is 17.2. The number of alkyl halides is 3. The molecule has 3 fully saturated rings. The molecule has 1 aliphatic carbocycles. The lowest BCUT2D eigenvalue weighted by Gasteiger charge is -2.42. The second-order valence-electron chi connectivity index (χ2n) is 14.3. The van der Waals surface area contributed by atoms with Crippen LogP contribution in [0.1, 0.15) is 89.3 Å². The Labute approximate surface area is 292 Å². The molecule has 0 radical (unpaired) electrons. The number of amides is 1. The Hall–Kier alpha value is -3.11. The Morgan fingerprint density at radius 3 is 2.31 bits per heavy atom. The summed E-state index contributed by atoms with van der Waals surface area (Å²) in [5, 5.41) is 9.20. The zero-order valence-corrected chi connectivity index (χ0v) is 29.6. The number of rotatable bonds is 10. The van der Waals surface area contributed by atoms with Crippen LogP contribution in [0.5, 0.6) is 0 Å². The van der Waals surface area contributed by atoms with Crippen LogP contribution in [-0.2, 0) is 31.8 Å². The van der Waals surface area contributed by atoms with Gasteiger partial charge >= 0.3 is 12.1 Å². The molecule has 1 amide bonds. The minimum absolute atomic E-state index is 0.0113. The van der Waals surface area contributed by atoms with Crippen LogP contribution in [0, 0.1) is 17.2 Å². The molecule has 266 valence electrons. The van der Waals surface area contributed by atoms with Crippen molar-refractivity contribution in [2.45, 2.75) is 121 Å². The van der Waals surface area contributed by atoms with Crippen molar-refractivity contribution in [3.8, 4) is 6.07 Å². The first kappa shape index (κ1) is 37.2. The summed E-state index contributed by atoms with van der Waals surface area (Å²) in [4.78, 5) is 31.7. The van der Waals surface area contributed by atoms with E-state index in [-0.39, 0.29) is 54.9 Å². The van der Waals surface area contributed by atoms with Crippen LogP contribution < -0.4 is 4.90 Å². The van der Waals surface area contributed by atoms with Gasteiger partial charge in [-0.3, -0.25) is 24.3 Å². The van der Waals surface area contributed by atoms with Crippen LogP contribution >= 0.6 is 12.6 Å². The van der Waals surface area contributed by atoms with Crippen molar-refractivity contribution >= 4 is 30.2 Å². The smallest absolute Gasteiger partial charge is 0.417 e. The van der Waals surface area contributed by atoms with E-state index in [0.717, 1.165) is 62.6 Å². The van der Waals surface area contributed by atoms with Crippen molar-refractivity contribution in [1.82, 2.24) is 9.80 Å². The van der Waals surface area contributed by atoms with Crippen molar-refractivity contribution in [3.05, 3.63) is 65.2 Å². The quantitative estimate of drug-likeness (QED) is 0.208. The minimum Gasteiger partial charge on any atom is -0.460 e. The number of hydrogen-bond acceptors (Lipinski definition) is 8. The Morgan fingerprint density at radius 1 is 1.04 bits per heavy atom. The van der Waals surface area contributed by atoms with Gasteiger partial charge in [0.05, 0.1) is 35.4 Å². The first-order valence-corrected chi connectivity index (χ1v) is 17.7. The van der Waals surface area contributed by atoms with Gasteiger partial charge in [0.15, 0.2) is 0 Å². The molecule has 49 heavy (non-hydrogen) atoms. The van der Waals surface area contributed by atoms with E-state index in [1.165, 1.54) is 11.0 Å². The van der Waals surface area contributed by atoms with Crippen molar-refractivity contribution in [2.75, 3.05) is 18.1 Å². The van der Waals surface area contributed by atoms with Crippen LogP contribution in [0.25, 0.3) is 0 Å². The van der Waals surface area contributed by atoms with Crippen LogP contribution in [0.15, 0.2) is 48.5 Å². The van der Waals surface area contributed by atoms with Gasteiger partial charge < -0.3 is 9.47 Å². The minimum atomic E-state index is -4.73. The molecule has 2 heterocycles. The number of hydrogen-bond donors (Lipinski definition) is 1. The SMILES string of the molecule is CC1CC(CCOC2CCC(N3C(S)N(c4ccc(C#N)c(C(F)(F)F)c4)C(=O)C3(C)C)CC2)CC(C)N1CC(=O)OCc1ccccc1. The number of anilines is 1. The number of carbonyl (C=O) groups excluding carboxylic acids is 2. The number of carbonyl (C=O) groups is 2. The van der Waals surface area contributed by atoms with E-state index in [4.69, 9.17) is 22.1 Å². The number of thiol groups is 1. The van der Waals surface area contributed by atoms with Crippen molar-refractivity contribution in [2.24, 2.45) is 5.92 Å². The second-order valence-corrected chi connectivity index (χ2v) is 14.7. The van der Waals surface area contributed by atoms with E-state index in [0.29, 0.717) is 12.5 Å². The number of halogens is 3. The van der Waals surface area contributed by atoms with E-state index in [1.807, 2.05) is 35.2 Å². The van der Waals surface area contributed by atoms with Crippen molar-refractivity contribution in [3.63, 3.8) is 0 Å². The molecule has 2 aromatic carbocycles. The topological polar surface area (TPSA) is 86.1 Å². The van der Waals surface area contributed by atoms with Gasteiger partial charge in [-0.25, -0.2) is 0 Å². The summed E-state index contributed by atoms with van der Waals surface area (Å²) in [7, 11) is 0. The molecule has 3 aliphatic rings. The van der Waals surface area contributed by atoms with Crippen molar-refractivity contribution in [1.29, 1.82) is 5.26 Å². The van der Waals surface area contributed by atoms with E-state index < -0.39 is 28.3 Å². The molecule has 5 rings (SSSR count). The van der Waals surface area contributed by atoms with Gasteiger partial charge in [0.25, 0.3) is 0 Å². The number of nitriles is 1. The van der Waals surface area contributed by atoms with Gasteiger partial charge in [-0.05, 0) is 102 Å². The largest absolute Gasteiger partial charge is 0.460 e. The van der Waals surface area contributed by atoms with Gasteiger partial charge in [-0.1, -0.05) is 30.3 Å². The van der Waals surface area contributed by atoms with Crippen LogP contribution in [0.4, 0.5) is 18.9 Å². The van der Waals surface area contributed by atoms with E-state index in [9.17, 15) is 28.0 Å². The molecular weight excluding hydrogens is 653 g/mol. The average Bonchev–Trinajstić information content (AvgIpc) is 3.24. The van der Waals surface area contributed by atoms with Crippen LogP contribution in [0.2, 0.25) is 0 Å². The highest BCUT2D eigenvalue weighted by molar-refractivity contribution is 7.81.